The van der Waals surface area contributed by atoms with E-state index in [2.05, 4.69) is 140 Å². The van der Waals surface area contributed by atoms with Gasteiger partial charge in [0.25, 0.3) is 0 Å². The van der Waals surface area contributed by atoms with Crippen molar-refractivity contribution in [2.45, 2.75) is 192 Å². The summed E-state index contributed by atoms with van der Waals surface area (Å²) in [6.07, 6.45) is 55.2. The summed E-state index contributed by atoms with van der Waals surface area (Å²) in [5.41, 5.74) is 0. The molecule has 0 aromatic carbocycles. The standard InChI is InChI=1S/C55H88O12S/c1-3-5-7-9-11-13-15-17-19-21-22-23-24-25-26-27-29-31-33-35-37-39-41-43-45-63-47-49(48-64-55-53(59)54(67-68(60,61)62)52(58)50(46-56)66-55)65-51(57)44-42-40-38-36-34-32-30-28-20-18-16-14-12-10-8-6-4-2/h5-8,11-14,17-20,22-23,25-26,29,31,35,37,49-50,52-56,58-59H,3-4,9-10,15-16,21,24,27-28,30,32-34,36,38-48H2,1-2H3,(H,60,61,62)/b7-5-,8-6-,13-11-,14-12-,19-17-,20-18-,23-22-,26-25-,31-29-,37-35-. The quantitative estimate of drug-likeness (QED) is 0.0197. The Balaban J connectivity index is 2.43. The molecule has 1 aliphatic heterocycles. The molecule has 0 radical (unpaired) electrons. The van der Waals surface area contributed by atoms with Crippen LogP contribution in [0.1, 0.15) is 155 Å². The number of unbranched alkanes of at least 4 members (excludes halogenated alkanes) is 9. The Kier molecular flexibility index (Phi) is 41.1. The molecule has 0 aromatic rings. The first kappa shape index (κ1) is 62.5. The third kappa shape index (κ3) is 37.4. The van der Waals surface area contributed by atoms with Crippen LogP contribution in [0.5, 0.6) is 0 Å². The molecule has 13 heteroatoms. The molecule has 4 N–H and O–H groups in total. The molecule has 6 unspecified atom stereocenters. The van der Waals surface area contributed by atoms with E-state index < -0.39 is 59.8 Å². The molecule has 0 bridgehead atoms. The molecule has 1 fully saturated rings. The number of hydrogen-bond donors (Lipinski definition) is 4. The summed E-state index contributed by atoms with van der Waals surface area (Å²) in [7, 11) is -5.08. The minimum absolute atomic E-state index is 0.00733. The normalized spacial score (nSPS) is 20.4. The summed E-state index contributed by atoms with van der Waals surface area (Å²) in [6.45, 7) is 3.62. The van der Waals surface area contributed by atoms with Crippen molar-refractivity contribution in [3.05, 3.63) is 122 Å². The van der Waals surface area contributed by atoms with E-state index in [1.165, 1.54) is 12.8 Å². The average Bonchev–Trinajstić information content (AvgIpc) is 3.31. The van der Waals surface area contributed by atoms with Crippen LogP contribution in [0.3, 0.4) is 0 Å². The molecule has 0 spiro atoms. The maximum absolute atomic E-state index is 12.9. The summed E-state index contributed by atoms with van der Waals surface area (Å²) in [5, 5.41) is 30.7. The highest BCUT2D eigenvalue weighted by Gasteiger charge is 2.48. The molecule has 0 amide bonds. The van der Waals surface area contributed by atoms with Crippen LogP contribution in [-0.2, 0) is 38.3 Å². The highest BCUT2D eigenvalue weighted by atomic mass is 32.3. The second kappa shape index (κ2) is 44.7. The Morgan fingerprint density at radius 3 is 1.41 bits per heavy atom. The zero-order chi connectivity index (χ0) is 49.6. The van der Waals surface area contributed by atoms with Gasteiger partial charge in [-0.3, -0.25) is 9.35 Å². The van der Waals surface area contributed by atoms with Crippen LogP contribution >= 0.6 is 0 Å². The number of hydrogen-bond acceptors (Lipinski definition) is 11. The van der Waals surface area contributed by atoms with Crippen LogP contribution in [0.4, 0.5) is 0 Å². The zero-order valence-electron chi connectivity index (χ0n) is 41.4. The number of rotatable bonds is 42. The van der Waals surface area contributed by atoms with Gasteiger partial charge in [-0.2, -0.15) is 8.42 Å². The number of allylic oxidation sites excluding steroid dienone is 20. The third-order valence-electron chi connectivity index (χ3n) is 10.6. The molecule has 386 valence electrons. The predicted molar refractivity (Wildman–Crippen MR) is 275 cm³/mol. The van der Waals surface area contributed by atoms with Gasteiger partial charge in [0.2, 0.25) is 0 Å². The Morgan fingerprint density at radius 1 is 0.559 bits per heavy atom. The van der Waals surface area contributed by atoms with Gasteiger partial charge in [-0.15, -0.1) is 0 Å². The molecule has 0 saturated carbocycles. The molecule has 68 heavy (non-hydrogen) atoms. The fourth-order valence-electron chi connectivity index (χ4n) is 6.84. The van der Waals surface area contributed by atoms with Gasteiger partial charge in [-0.05, 0) is 103 Å². The SMILES string of the molecule is CC/C=C\C/C=C\C/C=C\C/C=C\C/C=C\C/C=C\C/C=C\CCCCOCC(COC1OC(CO)C(O)C(OS(=O)(=O)O)C1O)OC(=O)CCCCCCCCC/C=C\C/C=C\C/C=C\CC. The Labute approximate surface area is 410 Å². The summed E-state index contributed by atoms with van der Waals surface area (Å²) < 4.78 is 59.2. The highest BCUT2D eigenvalue weighted by molar-refractivity contribution is 7.80. The van der Waals surface area contributed by atoms with Crippen molar-refractivity contribution in [1.29, 1.82) is 0 Å². The maximum atomic E-state index is 12.9. The van der Waals surface area contributed by atoms with E-state index >= 15 is 0 Å². The largest absolute Gasteiger partial charge is 0.457 e. The first-order chi connectivity index (χ1) is 33.1. The van der Waals surface area contributed by atoms with Gasteiger partial charge in [0.15, 0.2) is 6.29 Å². The second-order valence-electron chi connectivity index (χ2n) is 16.6. The van der Waals surface area contributed by atoms with Crippen molar-refractivity contribution >= 4 is 16.4 Å². The lowest BCUT2D eigenvalue weighted by molar-refractivity contribution is -0.301. The number of esters is 1. The van der Waals surface area contributed by atoms with Crippen molar-refractivity contribution in [1.82, 2.24) is 0 Å². The Morgan fingerprint density at radius 2 is 0.971 bits per heavy atom. The van der Waals surface area contributed by atoms with Gasteiger partial charge in [0.05, 0.1) is 19.8 Å². The predicted octanol–water partition coefficient (Wildman–Crippen LogP) is 11.7. The van der Waals surface area contributed by atoms with Crippen LogP contribution in [0, 0.1) is 0 Å². The van der Waals surface area contributed by atoms with Crippen molar-refractivity contribution in [2.75, 3.05) is 26.4 Å². The van der Waals surface area contributed by atoms with E-state index in [4.69, 9.17) is 18.9 Å². The number of aliphatic hydroxyl groups excluding tert-OH is 3. The number of aliphatic hydroxyl groups is 3. The summed E-state index contributed by atoms with van der Waals surface area (Å²) >= 11 is 0. The van der Waals surface area contributed by atoms with Crippen molar-refractivity contribution in [2.24, 2.45) is 0 Å². The zero-order valence-corrected chi connectivity index (χ0v) is 42.2. The minimum Gasteiger partial charge on any atom is -0.457 e. The smallest absolute Gasteiger partial charge is 0.397 e. The average molecular weight is 973 g/mol. The van der Waals surface area contributed by atoms with E-state index in [9.17, 15) is 33.1 Å². The van der Waals surface area contributed by atoms with Gasteiger partial charge in [0, 0.05) is 13.0 Å². The molecule has 1 heterocycles. The van der Waals surface area contributed by atoms with Crippen LogP contribution in [0.25, 0.3) is 0 Å². The van der Waals surface area contributed by atoms with Crippen LogP contribution in [0.15, 0.2) is 122 Å². The van der Waals surface area contributed by atoms with Gasteiger partial charge in [-0.1, -0.05) is 167 Å². The van der Waals surface area contributed by atoms with E-state index in [0.717, 1.165) is 116 Å². The molecule has 6 atom stereocenters. The van der Waals surface area contributed by atoms with Gasteiger partial charge in [-0.25, -0.2) is 4.18 Å². The van der Waals surface area contributed by atoms with E-state index in [0.29, 0.717) is 13.0 Å². The molecule has 1 saturated heterocycles. The number of ether oxygens (including phenoxy) is 4. The Hall–Kier alpha value is -3.50. The van der Waals surface area contributed by atoms with E-state index in [1.54, 1.807) is 0 Å². The number of carbonyl (C=O) groups excluding carboxylic acids is 1. The summed E-state index contributed by atoms with van der Waals surface area (Å²) in [6, 6.07) is 0. The third-order valence-corrected chi connectivity index (χ3v) is 11.0. The lowest BCUT2D eigenvalue weighted by Crippen LogP contribution is -2.60. The van der Waals surface area contributed by atoms with Crippen LogP contribution < -0.4 is 0 Å². The lowest BCUT2D eigenvalue weighted by atomic mass is 9.99. The minimum atomic E-state index is -5.08. The van der Waals surface area contributed by atoms with Crippen molar-refractivity contribution < 1.29 is 56.2 Å². The van der Waals surface area contributed by atoms with Gasteiger partial charge in [0.1, 0.15) is 30.5 Å². The molecule has 12 nitrogen and oxygen atoms in total. The molecule has 0 aliphatic carbocycles. The van der Waals surface area contributed by atoms with E-state index in [-0.39, 0.29) is 19.6 Å². The highest BCUT2D eigenvalue weighted by Crippen LogP contribution is 2.26. The lowest BCUT2D eigenvalue weighted by Gasteiger charge is -2.41. The van der Waals surface area contributed by atoms with E-state index in [1.807, 2.05) is 0 Å². The first-order valence-corrected chi connectivity index (χ1v) is 26.7. The Bertz CT molecular complexity index is 1640. The van der Waals surface area contributed by atoms with Crippen molar-refractivity contribution in [3.8, 4) is 0 Å². The van der Waals surface area contributed by atoms with Crippen LogP contribution in [0.2, 0.25) is 0 Å². The van der Waals surface area contributed by atoms with Crippen molar-refractivity contribution in [3.63, 3.8) is 0 Å². The number of carbonyl (C=O) groups is 1. The monoisotopic (exact) mass is 973 g/mol. The molecule has 0 aromatic heterocycles. The summed E-state index contributed by atoms with van der Waals surface area (Å²) in [5.74, 6) is -0.431. The fraction of sp³-hybridized carbons (Fsp3) is 0.618. The second-order valence-corrected chi connectivity index (χ2v) is 17.7. The molecule has 1 rings (SSSR count). The molecular formula is C55H88O12S. The molecule has 1 aliphatic rings. The first-order valence-electron chi connectivity index (χ1n) is 25.3. The van der Waals surface area contributed by atoms with Gasteiger partial charge < -0.3 is 34.3 Å². The maximum Gasteiger partial charge on any atom is 0.397 e. The summed E-state index contributed by atoms with van der Waals surface area (Å²) in [4.78, 5) is 12.9. The molecular weight excluding hydrogens is 885 g/mol. The topological polar surface area (TPSA) is 178 Å². The van der Waals surface area contributed by atoms with Crippen LogP contribution in [-0.4, -0.2) is 97.5 Å². The van der Waals surface area contributed by atoms with Gasteiger partial charge >= 0.3 is 16.4 Å². The fourth-order valence-corrected chi connectivity index (χ4v) is 7.35.